The Kier molecular flexibility index (Phi) is 4.51. The highest BCUT2D eigenvalue weighted by Crippen LogP contribution is 2.54. The number of hydrogen-bond acceptors (Lipinski definition) is 6. The number of carbonyl (C=O) groups is 1. The predicted molar refractivity (Wildman–Crippen MR) is 96.4 cm³/mol. The summed E-state index contributed by atoms with van der Waals surface area (Å²) < 4.78 is 10.2. The number of para-hydroxylation sites is 1. The molecule has 0 radical (unpaired) electrons. The zero-order chi connectivity index (χ0) is 20.0. The van der Waals surface area contributed by atoms with E-state index in [9.17, 15) is 25.2 Å². The van der Waals surface area contributed by atoms with Gasteiger partial charge in [-0.05, 0) is 33.4 Å². The number of nitrogens with one attached hydrogen (secondary N) is 2. The van der Waals surface area contributed by atoms with Crippen molar-refractivity contribution in [3.63, 3.8) is 0 Å². The van der Waals surface area contributed by atoms with E-state index in [0.717, 1.165) is 0 Å². The molecular weight excluding hydrogens is 432 g/mol. The molecule has 6 N–H and O–H groups in total. The lowest BCUT2D eigenvalue weighted by molar-refractivity contribution is -0.317. The molecule has 1 saturated heterocycles. The zero-order valence-electron chi connectivity index (χ0n) is 14.3. The average molecular weight is 451 g/mol. The number of ether oxygens (including phenoxy) is 1. The van der Waals surface area contributed by atoms with Gasteiger partial charge in [-0.15, -0.1) is 0 Å². The fraction of sp³-hybridized carbons (Fsp3) is 0.438. The first kappa shape index (κ1) is 18.2. The number of aliphatic hydroxyl groups is 4. The summed E-state index contributed by atoms with van der Waals surface area (Å²) >= 11 is 9.23. The van der Waals surface area contributed by atoms with Gasteiger partial charge < -0.3 is 35.5 Å². The second kappa shape index (κ2) is 6.45. The van der Waals surface area contributed by atoms with Gasteiger partial charge in [-0.25, -0.2) is 0 Å². The second-order valence-corrected chi connectivity index (χ2v) is 7.93. The molecule has 10 heteroatoms. The molecule has 1 aliphatic rings. The lowest BCUT2D eigenvalue weighted by Crippen LogP contribution is -2.77. The Morgan fingerprint density at radius 3 is 2.81 bits per heavy atom. The van der Waals surface area contributed by atoms with Crippen molar-refractivity contribution >= 4 is 44.3 Å². The van der Waals surface area contributed by atoms with Crippen molar-refractivity contribution in [1.82, 2.24) is 10.3 Å². The van der Waals surface area contributed by atoms with E-state index in [1.54, 1.807) is 24.3 Å². The minimum Gasteiger partial charge on any atom is -0.392 e. The van der Waals surface area contributed by atoms with E-state index < -0.39 is 46.9 Å². The van der Waals surface area contributed by atoms with Gasteiger partial charge in [0.2, 0.25) is 11.0 Å². The van der Waals surface area contributed by atoms with Crippen LogP contribution in [0.25, 0.3) is 10.9 Å². The van der Waals surface area contributed by atoms with E-state index in [2.05, 4.69) is 26.2 Å². The lowest BCUT2D eigenvalue weighted by Gasteiger charge is -2.55. The number of carbonyl (C=O) groups excluding carboxylic acids is 1. The number of hydrogen-bond donors (Lipinski definition) is 6. The van der Waals surface area contributed by atoms with Crippen LogP contribution in [0.5, 0.6) is 0 Å². The highest BCUT2D eigenvalue weighted by atomic mass is 79.9. The first-order chi connectivity index (χ1) is 12.6. The van der Waals surface area contributed by atoms with Crippen molar-refractivity contribution in [2.24, 2.45) is 0 Å². The Morgan fingerprint density at radius 1 is 1.50 bits per heavy atom. The molecule has 2 aromatic rings. The summed E-state index contributed by atoms with van der Waals surface area (Å²) in [5, 5.41) is 42.8. The minimum atomic E-state index is -2.74. The Bertz CT molecular complexity index is 833. The number of fused-ring (bicyclic) bond motifs is 1. The number of rotatable bonds is 3. The molecule has 26 heavy (non-hydrogen) atoms. The number of aliphatic hydroxyl groups excluding tert-OH is 2. The number of H-pyrrole nitrogens is 1. The Labute approximate surface area is 163 Å². The Balaban J connectivity index is 2.22. The van der Waals surface area contributed by atoms with Crippen LogP contribution < -0.4 is 5.32 Å². The van der Waals surface area contributed by atoms with Crippen LogP contribution >= 0.6 is 27.5 Å². The van der Waals surface area contributed by atoms with Crippen LogP contribution in [-0.2, 0) is 15.1 Å². The van der Waals surface area contributed by atoms with E-state index in [1.807, 2.05) is 0 Å². The van der Waals surface area contributed by atoms with Crippen LogP contribution in [0.2, 0.25) is 0 Å². The maximum absolute atomic E-state index is 11.8. The molecule has 0 bridgehead atoms. The third-order valence-corrected chi connectivity index (χ3v) is 6.34. The highest BCUT2D eigenvalue weighted by molar-refractivity contribution is 9.10. The summed E-state index contributed by atoms with van der Waals surface area (Å²) in [5.74, 6) is -0.837. The van der Waals surface area contributed by atoms with Gasteiger partial charge in [-0.1, -0.05) is 29.8 Å². The number of aromatic amines is 1. The highest BCUT2D eigenvalue weighted by Gasteiger charge is 2.72. The molecule has 0 saturated carbocycles. The number of aromatic nitrogens is 1. The molecule has 142 valence electrons. The zero-order valence-corrected chi connectivity index (χ0v) is 15.7. The van der Waals surface area contributed by atoms with E-state index in [1.165, 1.54) is 6.07 Å². The van der Waals surface area contributed by atoms with Crippen LogP contribution in [0.3, 0.4) is 0 Å². The van der Waals surface area contributed by atoms with Gasteiger partial charge in [0.1, 0.15) is 6.04 Å². The van der Waals surface area contributed by atoms with Gasteiger partial charge in [-0.2, -0.15) is 0 Å². The monoisotopic (exact) mass is 449 g/mol. The van der Waals surface area contributed by atoms with E-state index >= 15 is 0 Å². The van der Waals surface area contributed by atoms with Crippen molar-refractivity contribution in [2.45, 2.75) is 34.4 Å². The normalized spacial score (nSPS) is 38.2. The summed E-state index contributed by atoms with van der Waals surface area (Å²) in [6, 6.07) is 6.81. The Morgan fingerprint density at radius 2 is 2.19 bits per heavy atom. The van der Waals surface area contributed by atoms with E-state index in [0.29, 0.717) is 10.9 Å². The summed E-state index contributed by atoms with van der Waals surface area (Å²) in [6.45, 7) is -1.60. The summed E-state index contributed by atoms with van der Waals surface area (Å²) in [4.78, 5) is 14.7. The van der Waals surface area contributed by atoms with Crippen LogP contribution in [0.4, 0.5) is 0 Å². The number of amides is 1. The van der Waals surface area contributed by atoms with Crippen molar-refractivity contribution < 1.29 is 31.3 Å². The smallest absolute Gasteiger partial charge is 0.217 e. The van der Waals surface area contributed by atoms with Crippen molar-refractivity contribution in [3.05, 3.63) is 36.0 Å². The maximum atomic E-state index is 11.8. The molecule has 8 nitrogen and oxygen atoms in total. The molecule has 1 unspecified atom stereocenters. The summed E-state index contributed by atoms with van der Waals surface area (Å²) in [6.07, 6.45) is -1.87. The fourth-order valence-corrected chi connectivity index (χ4v) is 3.97. The summed E-state index contributed by atoms with van der Waals surface area (Å²) in [5.41, 5.74) is -1.97. The molecule has 1 aromatic carbocycles. The number of halogens is 2. The largest absolute Gasteiger partial charge is 0.392 e. The molecule has 5 atom stereocenters. The average Bonchev–Trinajstić information content (AvgIpc) is 3.08. The van der Waals surface area contributed by atoms with Crippen molar-refractivity contribution in [2.75, 3.05) is 6.61 Å². The van der Waals surface area contributed by atoms with Crippen LogP contribution in [-0.4, -0.2) is 59.8 Å². The van der Waals surface area contributed by atoms with Gasteiger partial charge in [0, 0.05) is 13.8 Å². The van der Waals surface area contributed by atoms with Gasteiger partial charge in [0.05, 0.1) is 12.3 Å². The third-order valence-electron chi connectivity index (χ3n) is 4.50. The van der Waals surface area contributed by atoms with Gasteiger partial charge in [-0.3, -0.25) is 4.79 Å². The second-order valence-electron chi connectivity index (χ2n) is 6.10. The van der Waals surface area contributed by atoms with Crippen molar-refractivity contribution in [1.29, 1.82) is 0 Å². The van der Waals surface area contributed by atoms with Gasteiger partial charge in [0.25, 0.3) is 0 Å². The third kappa shape index (κ3) is 2.66. The van der Waals surface area contributed by atoms with Gasteiger partial charge in [0.15, 0.2) is 16.4 Å². The standard InChI is InChI=1S/C16H18BrClN2O6/c1-8(22)19-12-13(23)26-14(17,7-21)16(18,25)15(12,24)11-6-9-4-2-3-5-10(9)20-11/h2-6,12-13,20-21,23-25H,7H2,1H3,(H,19,22)/t12-,13?,14+,15+,16+/m0/s1/i1D. The molecule has 0 aliphatic carbocycles. The molecule has 0 spiro atoms. The van der Waals surface area contributed by atoms with E-state index in [-0.39, 0.29) is 5.69 Å². The molecule has 3 rings (SSSR count). The first-order valence-corrected chi connectivity index (χ1v) is 8.74. The van der Waals surface area contributed by atoms with Gasteiger partial charge >= 0.3 is 0 Å². The summed E-state index contributed by atoms with van der Waals surface area (Å²) in [7, 11) is 0. The molecule has 1 aliphatic heterocycles. The molecular formula is C16H18BrClN2O6. The van der Waals surface area contributed by atoms with Crippen LogP contribution in [0.1, 0.15) is 14.0 Å². The van der Waals surface area contributed by atoms with Crippen LogP contribution in [0, 0.1) is 0 Å². The molecule has 1 aromatic heterocycles. The van der Waals surface area contributed by atoms with E-state index in [4.69, 9.17) is 17.7 Å². The van der Waals surface area contributed by atoms with Crippen molar-refractivity contribution in [3.8, 4) is 0 Å². The number of benzene rings is 1. The molecule has 1 fully saturated rings. The molecule has 1 amide bonds. The lowest BCUT2D eigenvalue weighted by atomic mass is 9.79. The topological polar surface area (TPSA) is 135 Å². The Hall–Kier alpha value is -1.20. The predicted octanol–water partition coefficient (Wildman–Crippen LogP) is 0.220. The molecule has 2 heterocycles. The van der Waals surface area contributed by atoms with Crippen LogP contribution in [0.15, 0.2) is 30.3 Å². The fourth-order valence-electron chi connectivity index (χ4n) is 3.15. The quantitative estimate of drug-likeness (QED) is 0.370. The first-order valence-electron chi connectivity index (χ1n) is 8.27. The minimum absolute atomic E-state index is 0.0314. The SMILES string of the molecule is [2H]CC(=O)N[C@H]1C(O)O[C@](Br)(CO)[C@](O)(Cl)[C@@]1(O)c1cc2ccccc2[nH]1. The number of alkyl halides is 2. The maximum Gasteiger partial charge on any atom is 0.217 e.